The van der Waals surface area contributed by atoms with Gasteiger partial charge in [-0.15, -0.1) is 0 Å². The number of aromatic nitrogens is 1. The number of rotatable bonds is 15. The zero-order valence-corrected chi connectivity index (χ0v) is 29.1. The van der Waals surface area contributed by atoms with Gasteiger partial charge < -0.3 is 20.9 Å². The van der Waals surface area contributed by atoms with Crippen LogP contribution in [-0.2, 0) is 33.6 Å². The third-order valence-corrected chi connectivity index (χ3v) is 9.72. The number of amides is 3. The van der Waals surface area contributed by atoms with E-state index in [9.17, 15) is 23.2 Å². The standard InChI is InChI=1S/C41H45F2N5O3/c1-47(38(49)10-6-20-41(44)21-7-22-41)37(27-30-11-14-33(15-12-30)32-8-4-3-5-9-32)40(51)48(2)36(28-31-13-16-34(42)35(43)26-31)39(50)46-25-19-29-17-23-45-24-18-29/h3-6,8-18,23-24,26,36-37H,7,19-22,25,27-28,44H2,1-2H3,(H,46,50)/t36-,37-/m1/s1. The zero-order chi connectivity index (χ0) is 36.4. The van der Waals surface area contributed by atoms with Crippen molar-refractivity contribution in [1.82, 2.24) is 20.1 Å². The fourth-order valence-electron chi connectivity index (χ4n) is 6.26. The average Bonchev–Trinajstić information content (AvgIpc) is 3.13. The number of nitrogens with one attached hydrogen (secondary N) is 1. The maximum absolute atomic E-state index is 14.5. The Morgan fingerprint density at radius 1 is 0.824 bits per heavy atom. The average molecular weight is 694 g/mol. The Morgan fingerprint density at radius 2 is 1.47 bits per heavy atom. The molecule has 51 heavy (non-hydrogen) atoms. The second kappa shape index (κ2) is 17.1. The summed E-state index contributed by atoms with van der Waals surface area (Å²) in [4.78, 5) is 48.5. The Labute approximate surface area is 298 Å². The van der Waals surface area contributed by atoms with Crippen LogP contribution in [0.3, 0.4) is 0 Å². The minimum atomic E-state index is -1.09. The molecule has 0 saturated heterocycles. The maximum atomic E-state index is 14.5. The van der Waals surface area contributed by atoms with Crippen molar-refractivity contribution < 1.29 is 23.2 Å². The lowest BCUT2D eigenvalue weighted by Gasteiger charge is -2.37. The minimum absolute atomic E-state index is 0.0742. The van der Waals surface area contributed by atoms with Gasteiger partial charge in [0, 0.05) is 51.4 Å². The summed E-state index contributed by atoms with van der Waals surface area (Å²) in [5, 5.41) is 2.90. The first-order valence-electron chi connectivity index (χ1n) is 17.3. The summed E-state index contributed by atoms with van der Waals surface area (Å²) in [6, 6.07) is 22.7. The lowest BCUT2D eigenvalue weighted by atomic mass is 9.75. The predicted octanol–water partition coefficient (Wildman–Crippen LogP) is 5.65. The van der Waals surface area contributed by atoms with Crippen LogP contribution in [0.1, 0.15) is 42.4 Å². The molecule has 1 aromatic heterocycles. The molecule has 5 rings (SSSR count). The largest absolute Gasteiger partial charge is 0.354 e. The first-order chi connectivity index (χ1) is 24.5. The summed E-state index contributed by atoms with van der Waals surface area (Å²) in [6.07, 6.45) is 10.6. The Balaban J connectivity index is 1.40. The molecule has 0 radical (unpaired) electrons. The summed E-state index contributed by atoms with van der Waals surface area (Å²) in [5.41, 5.74) is 10.2. The second-order valence-corrected chi connectivity index (χ2v) is 13.4. The van der Waals surface area contributed by atoms with Crippen molar-refractivity contribution in [2.75, 3.05) is 20.6 Å². The topological polar surface area (TPSA) is 109 Å². The summed E-state index contributed by atoms with van der Waals surface area (Å²) >= 11 is 0. The zero-order valence-electron chi connectivity index (χ0n) is 29.1. The third kappa shape index (κ3) is 9.94. The highest BCUT2D eigenvalue weighted by molar-refractivity contribution is 5.95. The van der Waals surface area contributed by atoms with Gasteiger partial charge in [0.15, 0.2) is 11.6 Å². The van der Waals surface area contributed by atoms with E-state index < -0.39 is 35.5 Å². The van der Waals surface area contributed by atoms with E-state index in [0.717, 1.165) is 53.6 Å². The van der Waals surface area contributed by atoms with Gasteiger partial charge in [0.1, 0.15) is 12.1 Å². The summed E-state index contributed by atoms with van der Waals surface area (Å²) < 4.78 is 28.1. The molecule has 4 aromatic rings. The predicted molar refractivity (Wildman–Crippen MR) is 194 cm³/mol. The lowest BCUT2D eigenvalue weighted by molar-refractivity contribution is -0.146. The van der Waals surface area contributed by atoms with Crippen molar-refractivity contribution in [2.24, 2.45) is 5.73 Å². The van der Waals surface area contributed by atoms with Gasteiger partial charge in [-0.3, -0.25) is 19.4 Å². The lowest BCUT2D eigenvalue weighted by Crippen LogP contribution is -2.56. The fraction of sp³-hybridized carbons (Fsp3) is 0.317. The maximum Gasteiger partial charge on any atom is 0.246 e. The van der Waals surface area contributed by atoms with Crippen LogP contribution in [0, 0.1) is 11.6 Å². The van der Waals surface area contributed by atoms with Crippen molar-refractivity contribution >= 4 is 17.7 Å². The van der Waals surface area contributed by atoms with Crippen molar-refractivity contribution in [1.29, 1.82) is 0 Å². The number of pyridine rings is 1. The van der Waals surface area contributed by atoms with Crippen LogP contribution in [0.4, 0.5) is 8.78 Å². The number of nitrogens with zero attached hydrogens (tertiary/aromatic N) is 3. The molecule has 266 valence electrons. The number of benzene rings is 3. The number of hydrogen-bond donors (Lipinski definition) is 2. The molecule has 0 bridgehead atoms. The summed E-state index contributed by atoms with van der Waals surface area (Å²) in [5.74, 6) is -3.36. The Hall–Kier alpha value is -5.22. The molecule has 0 unspecified atom stereocenters. The molecular formula is C41H45F2N5O3. The molecule has 0 spiro atoms. The molecule has 2 atom stereocenters. The highest BCUT2D eigenvalue weighted by Crippen LogP contribution is 2.32. The number of nitrogens with two attached hydrogens (primary N) is 1. The normalized spacial score (nSPS) is 14.7. The molecule has 3 N–H and O–H groups in total. The number of carbonyl (C=O) groups is 3. The van der Waals surface area contributed by atoms with Gasteiger partial charge in [0.25, 0.3) is 0 Å². The number of carbonyl (C=O) groups excluding carboxylic acids is 3. The van der Waals surface area contributed by atoms with E-state index in [4.69, 9.17) is 5.73 Å². The van der Waals surface area contributed by atoms with E-state index in [0.29, 0.717) is 18.4 Å². The Kier molecular flexibility index (Phi) is 12.4. The highest BCUT2D eigenvalue weighted by Gasteiger charge is 2.35. The van der Waals surface area contributed by atoms with E-state index in [1.807, 2.05) is 66.7 Å². The second-order valence-electron chi connectivity index (χ2n) is 13.4. The van der Waals surface area contributed by atoms with Gasteiger partial charge in [0.05, 0.1) is 0 Å². The quantitative estimate of drug-likeness (QED) is 0.157. The molecule has 1 aliphatic carbocycles. The molecule has 3 amide bonds. The molecule has 1 heterocycles. The van der Waals surface area contributed by atoms with E-state index >= 15 is 0 Å². The minimum Gasteiger partial charge on any atom is -0.354 e. The smallest absolute Gasteiger partial charge is 0.246 e. The van der Waals surface area contributed by atoms with Crippen LogP contribution in [0.15, 0.2) is 109 Å². The summed E-state index contributed by atoms with van der Waals surface area (Å²) in [6.45, 7) is 0.280. The van der Waals surface area contributed by atoms with E-state index in [1.165, 1.54) is 29.0 Å². The van der Waals surface area contributed by atoms with Gasteiger partial charge in [-0.2, -0.15) is 0 Å². The van der Waals surface area contributed by atoms with Crippen molar-refractivity contribution in [3.63, 3.8) is 0 Å². The van der Waals surface area contributed by atoms with Crippen molar-refractivity contribution in [3.8, 4) is 11.1 Å². The number of likely N-dealkylation sites (N-methyl/N-ethyl adjacent to an activating group) is 2. The van der Waals surface area contributed by atoms with Gasteiger partial charge in [-0.05, 0) is 90.3 Å². The van der Waals surface area contributed by atoms with Crippen LogP contribution >= 0.6 is 0 Å². The molecule has 0 aliphatic heterocycles. The molecule has 1 aliphatic rings. The molecule has 1 fully saturated rings. The van der Waals surface area contributed by atoms with Crippen LogP contribution in [0.5, 0.6) is 0 Å². The van der Waals surface area contributed by atoms with Gasteiger partial charge in [-0.25, -0.2) is 8.78 Å². The Bertz CT molecular complexity index is 1810. The monoisotopic (exact) mass is 693 g/mol. The molecule has 8 nitrogen and oxygen atoms in total. The van der Waals surface area contributed by atoms with Crippen molar-refractivity contribution in [2.45, 2.75) is 62.6 Å². The Morgan fingerprint density at radius 3 is 2.12 bits per heavy atom. The van der Waals surface area contributed by atoms with E-state index in [-0.39, 0.29) is 30.8 Å². The van der Waals surface area contributed by atoms with Crippen molar-refractivity contribution in [3.05, 3.63) is 138 Å². The van der Waals surface area contributed by atoms with Crippen LogP contribution in [0.2, 0.25) is 0 Å². The van der Waals surface area contributed by atoms with Gasteiger partial charge >= 0.3 is 0 Å². The van der Waals surface area contributed by atoms with Crippen LogP contribution in [0.25, 0.3) is 11.1 Å². The molecular weight excluding hydrogens is 648 g/mol. The first kappa shape index (κ1) is 37.0. The number of halogens is 2. The first-order valence-corrected chi connectivity index (χ1v) is 17.3. The molecule has 1 saturated carbocycles. The van der Waals surface area contributed by atoms with Gasteiger partial charge in [-0.1, -0.05) is 66.7 Å². The van der Waals surface area contributed by atoms with Crippen LogP contribution in [-0.4, -0.2) is 70.8 Å². The number of hydrogen-bond acceptors (Lipinski definition) is 5. The molecule has 3 aromatic carbocycles. The van der Waals surface area contributed by atoms with E-state index in [1.54, 1.807) is 25.5 Å². The van der Waals surface area contributed by atoms with Gasteiger partial charge in [0.2, 0.25) is 17.7 Å². The SMILES string of the molecule is CN(C(=O)C=CCC1(N)CCC1)[C@H](Cc1ccc(-c2ccccc2)cc1)C(=O)N(C)[C@H](Cc1ccc(F)c(F)c1)C(=O)NCCc1ccncc1. The fourth-order valence-corrected chi connectivity index (χ4v) is 6.26. The summed E-state index contributed by atoms with van der Waals surface area (Å²) in [7, 11) is 3.08. The highest BCUT2D eigenvalue weighted by atomic mass is 19.2. The third-order valence-electron chi connectivity index (χ3n) is 9.72. The van der Waals surface area contributed by atoms with Crippen LogP contribution < -0.4 is 11.1 Å². The molecule has 10 heteroatoms. The van der Waals surface area contributed by atoms with E-state index in [2.05, 4.69) is 10.3 Å².